The molecule has 2 aromatic rings. The van der Waals surface area contributed by atoms with Crippen molar-refractivity contribution in [1.29, 1.82) is 5.26 Å². The van der Waals surface area contributed by atoms with Crippen LogP contribution in [0.4, 0.5) is 11.6 Å². The number of hydrogen-bond donors (Lipinski definition) is 1. The molecule has 4 rings (SSSR count). The number of aromatic nitrogens is 2. The van der Waals surface area contributed by atoms with Crippen LogP contribution in [0, 0.1) is 18.3 Å². The number of nitrogens with one attached hydrogen (secondary N) is 1. The van der Waals surface area contributed by atoms with Crippen molar-refractivity contribution in [1.82, 2.24) is 9.97 Å². The first-order chi connectivity index (χ1) is 13.6. The predicted octanol–water partition coefficient (Wildman–Crippen LogP) is 2.25. The van der Waals surface area contributed by atoms with Gasteiger partial charge in [0.25, 0.3) is 5.91 Å². The lowest BCUT2D eigenvalue weighted by molar-refractivity contribution is -0.169. The summed E-state index contributed by atoms with van der Waals surface area (Å²) in [7, 11) is 0. The Balaban J connectivity index is 1.51. The Labute approximate surface area is 163 Å². The Morgan fingerprint density at radius 3 is 2.64 bits per heavy atom. The zero-order valence-corrected chi connectivity index (χ0v) is 15.6. The second-order valence-electron chi connectivity index (χ2n) is 6.90. The van der Waals surface area contributed by atoms with Crippen LogP contribution in [0.5, 0.6) is 0 Å². The Kier molecular flexibility index (Phi) is 4.94. The lowest BCUT2D eigenvalue weighted by Crippen LogP contribution is -2.45. The second kappa shape index (κ2) is 7.54. The van der Waals surface area contributed by atoms with Gasteiger partial charge in [-0.05, 0) is 25.1 Å². The van der Waals surface area contributed by atoms with Gasteiger partial charge in [-0.2, -0.15) is 5.26 Å². The Morgan fingerprint density at radius 1 is 1.21 bits per heavy atom. The number of hydrogen-bond acceptors (Lipinski definition) is 7. The van der Waals surface area contributed by atoms with Crippen molar-refractivity contribution in [2.45, 2.75) is 25.6 Å². The molecule has 1 amide bonds. The summed E-state index contributed by atoms with van der Waals surface area (Å²) >= 11 is 0. The zero-order chi connectivity index (χ0) is 19.6. The van der Waals surface area contributed by atoms with Gasteiger partial charge in [-0.1, -0.05) is 12.1 Å². The lowest BCUT2D eigenvalue weighted by Gasteiger charge is -2.37. The molecule has 8 heteroatoms. The maximum atomic E-state index is 12.7. The minimum absolute atomic E-state index is 0.267. The number of benzene rings is 1. The SMILES string of the molecule is Cc1cc(C(=O)Nc2ccccc2C#N)nc(N2CCC3(CC2)OCCO3)n1. The lowest BCUT2D eigenvalue weighted by atomic mass is 10.0. The van der Waals surface area contributed by atoms with E-state index in [1.165, 1.54) is 0 Å². The van der Waals surface area contributed by atoms with Gasteiger partial charge in [0.15, 0.2) is 5.79 Å². The number of aryl methyl sites for hydroxylation is 1. The van der Waals surface area contributed by atoms with Gasteiger partial charge in [-0.15, -0.1) is 0 Å². The van der Waals surface area contributed by atoms with Crippen molar-refractivity contribution < 1.29 is 14.3 Å². The van der Waals surface area contributed by atoms with Crippen LogP contribution in [0.3, 0.4) is 0 Å². The van der Waals surface area contributed by atoms with Crippen LogP contribution < -0.4 is 10.2 Å². The van der Waals surface area contributed by atoms with E-state index in [0.717, 1.165) is 12.8 Å². The van der Waals surface area contributed by atoms with E-state index in [1.807, 2.05) is 11.8 Å². The van der Waals surface area contributed by atoms with Crippen LogP contribution in [-0.4, -0.2) is 48.0 Å². The first-order valence-corrected chi connectivity index (χ1v) is 9.28. The number of para-hydroxylation sites is 1. The molecule has 144 valence electrons. The number of carbonyl (C=O) groups excluding carboxylic acids is 1. The molecule has 0 atom stereocenters. The number of carbonyl (C=O) groups is 1. The van der Waals surface area contributed by atoms with Gasteiger partial charge >= 0.3 is 0 Å². The highest BCUT2D eigenvalue weighted by molar-refractivity contribution is 6.03. The summed E-state index contributed by atoms with van der Waals surface area (Å²) in [6.45, 7) is 4.49. The smallest absolute Gasteiger partial charge is 0.274 e. The fourth-order valence-electron chi connectivity index (χ4n) is 3.52. The summed E-state index contributed by atoms with van der Waals surface area (Å²) in [5.41, 5.74) is 1.84. The van der Waals surface area contributed by atoms with E-state index in [0.29, 0.717) is 49.2 Å². The van der Waals surface area contributed by atoms with E-state index in [-0.39, 0.29) is 11.6 Å². The van der Waals surface area contributed by atoms with Gasteiger partial charge < -0.3 is 19.7 Å². The maximum Gasteiger partial charge on any atom is 0.274 e. The predicted molar refractivity (Wildman–Crippen MR) is 102 cm³/mol. The fraction of sp³-hybridized carbons (Fsp3) is 0.400. The number of anilines is 2. The summed E-state index contributed by atoms with van der Waals surface area (Å²) in [6, 6.07) is 10.6. The van der Waals surface area contributed by atoms with Crippen molar-refractivity contribution in [3.8, 4) is 6.07 Å². The summed E-state index contributed by atoms with van der Waals surface area (Å²) in [6.07, 6.45) is 1.47. The molecule has 0 aliphatic carbocycles. The van der Waals surface area contributed by atoms with Gasteiger partial charge in [-0.3, -0.25) is 4.79 Å². The molecular weight excluding hydrogens is 358 g/mol. The van der Waals surface area contributed by atoms with Gasteiger partial charge in [0, 0.05) is 31.6 Å². The van der Waals surface area contributed by atoms with Crippen LogP contribution in [-0.2, 0) is 9.47 Å². The van der Waals surface area contributed by atoms with E-state index in [9.17, 15) is 10.1 Å². The highest BCUT2D eigenvalue weighted by Gasteiger charge is 2.40. The van der Waals surface area contributed by atoms with Crippen LogP contribution in [0.1, 0.15) is 34.6 Å². The quantitative estimate of drug-likeness (QED) is 0.873. The molecule has 2 fully saturated rings. The molecule has 0 radical (unpaired) electrons. The topological polar surface area (TPSA) is 100 Å². The van der Waals surface area contributed by atoms with Gasteiger partial charge in [0.05, 0.1) is 24.5 Å². The number of nitrogens with zero attached hydrogens (tertiary/aromatic N) is 4. The third-order valence-corrected chi connectivity index (χ3v) is 4.99. The molecule has 3 heterocycles. The summed E-state index contributed by atoms with van der Waals surface area (Å²) in [5, 5.41) is 12.0. The number of nitriles is 1. The highest BCUT2D eigenvalue weighted by Crippen LogP contribution is 2.32. The third-order valence-electron chi connectivity index (χ3n) is 4.99. The Hall–Kier alpha value is -3.02. The average molecular weight is 379 g/mol. The van der Waals surface area contributed by atoms with E-state index >= 15 is 0 Å². The van der Waals surface area contributed by atoms with Crippen molar-refractivity contribution >= 4 is 17.5 Å². The number of rotatable bonds is 3. The average Bonchev–Trinajstić information content (AvgIpc) is 3.16. The molecule has 2 saturated heterocycles. The number of ether oxygens (including phenoxy) is 2. The van der Waals surface area contributed by atoms with E-state index in [1.54, 1.807) is 30.3 Å². The van der Waals surface area contributed by atoms with Crippen LogP contribution in [0.2, 0.25) is 0 Å². The summed E-state index contributed by atoms with van der Waals surface area (Å²) < 4.78 is 11.5. The van der Waals surface area contributed by atoms with Gasteiger partial charge in [0.1, 0.15) is 11.8 Å². The first kappa shape index (κ1) is 18.3. The monoisotopic (exact) mass is 379 g/mol. The summed E-state index contributed by atoms with van der Waals surface area (Å²) in [4.78, 5) is 23.7. The molecule has 8 nitrogen and oxygen atoms in total. The van der Waals surface area contributed by atoms with E-state index in [4.69, 9.17) is 9.47 Å². The molecular formula is C20H21N5O3. The molecule has 2 aliphatic rings. The number of amides is 1. The third kappa shape index (κ3) is 3.67. The van der Waals surface area contributed by atoms with Crippen molar-refractivity contribution in [3.05, 3.63) is 47.3 Å². The Morgan fingerprint density at radius 2 is 1.93 bits per heavy atom. The standard InChI is InChI=1S/C20H21N5O3/c1-14-12-17(18(26)23-16-5-3-2-4-15(16)13-21)24-19(22-14)25-8-6-20(7-9-25)27-10-11-28-20/h2-5,12H,6-11H2,1H3,(H,23,26). The van der Waals surface area contributed by atoms with Crippen LogP contribution >= 0.6 is 0 Å². The molecule has 0 unspecified atom stereocenters. The molecule has 28 heavy (non-hydrogen) atoms. The fourth-order valence-corrected chi connectivity index (χ4v) is 3.52. The van der Waals surface area contributed by atoms with E-state index < -0.39 is 5.79 Å². The Bertz CT molecular complexity index is 924. The highest BCUT2D eigenvalue weighted by atomic mass is 16.7. The molecule has 0 bridgehead atoms. The molecule has 1 N–H and O–H groups in total. The second-order valence-corrected chi connectivity index (χ2v) is 6.90. The maximum absolute atomic E-state index is 12.7. The molecule has 1 aromatic carbocycles. The molecule has 1 aromatic heterocycles. The van der Waals surface area contributed by atoms with Crippen molar-refractivity contribution in [3.63, 3.8) is 0 Å². The van der Waals surface area contributed by atoms with E-state index in [2.05, 4.69) is 21.4 Å². The normalized spacial score (nSPS) is 18.1. The minimum atomic E-state index is -0.471. The largest absolute Gasteiger partial charge is 0.347 e. The zero-order valence-electron chi connectivity index (χ0n) is 15.6. The van der Waals surface area contributed by atoms with Gasteiger partial charge in [0.2, 0.25) is 5.95 Å². The molecule has 2 aliphatic heterocycles. The van der Waals surface area contributed by atoms with Crippen molar-refractivity contribution in [2.75, 3.05) is 36.5 Å². The molecule has 1 spiro atoms. The van der Waals surface area contributed by atoms with Crippen LogP contribution in [0.25, 0.3) is 0 Å². The number of piperidine rings is 1. The first-order valence-electron chi connectivity index (χ1n) is 9.28. The van der Waals surface area contributed by atoms with Gasteiger partial charge in [-0.25, -0.2) is 9.97 Å². The summed E-state index contributed by atoms with van der Waals surface area (Å²) in [5.74, 6) is -0.321. The molecule has 0 saturated carbocycles. The van der Waals surface area contributed by atoms with Crippen LogP contribution in [0.15, 0.2) is 30.3 Å². The van der Waals surface area contributed by atoms with Crippen molar-refractivity contribution in [2.24, 2.45) is 0 Å². The minimum Gasteiger partial charge on any atom is -0.347 e.